The molecule has 1 aliphatic heterocycles. The van der Waals surface area contributed by atoms with Gasteiger partial charge in [-0.15, -0.1) is 0 Å². The monoisotopic (exact) mass is 328 g/mol. The van der Waals surface area contributed by atoms with Gasteiger partial charge in [-0.25, -0.2) is 0 Å². The van der Waals surface area contributed by atoms with Crippen molar-refractivity contribution in [1.82, 2.24) is 20.4 Å². The van der Waals surface area contributed by atoms with E-state index in [0.717, 1.165) is 25.2 Å². The van der Waals surface area contributed by atoms with Crippen LogP contribution >= 0.6 is 0 Å². The number of aromatic amines is 1. The lowest BCUT2D eigenvalue weighted by molar-refractivity contribution is -0.121. The topological polar surface area (TPSA) is 81.2 Å². The zero-order valence-corrected chi connectivity index (χ0v) is 14.0. The lowest BCUT2D eigenvalue weighted by Crippen LogP contribution is -2.42. The number of amides is 1. The molecule has 1 aliphatic rings. The number of aromatic nitrogens is 2. The van der Waals surface area contributed by atoms with Crippen LogP contribution in [0.3, 0.4) is 0 Å². The standard InChI is InChI=1S/C18H24N4O2/c1-13-8-16(21-20-13)9-18(24)19-10-17(23)12-22-7-6-14-4-2-3-5-15(14)11-22/h2-5,8,17,23H,6-7,9-12H2,1H3,(H,19,24)(H,20,21)/t17-/m1/s1. The van der Waals surface area contributed by atoms with Crippen LogP contribution < -0.4 is 5.32 Å². The normalized spacial score (nSPS) is 15.8. The number of rotatable bonds is 6. The molecular weight excluding hydrogens is 304 g/mol. The van der Waals surface area contributed by atoms with Gasteiger partial charge in [0.2, 0.25) is 5.91 Å². The van der Waals surface area contributed by atoms with Gasteiger partial charge in [0, 0.05) is 31.9 Å². The number of nitrogens with zero attached hydrogens (tertiary/aromatic N) is 2. The van der Waals surface area contributed by atoms with Gasteiger partial charge in [-0.3, -0.25) is 14.8 Å². The summed E-state index contributed by atoms with van der Waals surface area (Å²) in [6.07, 6.45) is 0.669. The highest BCUT2D eigenvalue weighted by Gasteiger charge is 2.18. The molecule has 2 heterocycles. The van der Waals surface area contributed by atoms with Gasteiger partial charge >= 0.3 is 0 Å². The Morgan fingerprint density at radius 3 is 2.96 bits per heavy atom. The number of β-amino-alcohol motifs (C(OH)–C–C–N with tert-alkyl or cyclic N) is 1. The number of hydrogen-bond donors (Lipinski definition) is 3. The number of H-pyrrole nitrogens is 1. The maximum atomic E-state index is 11.9. The van der Waals surface area contributed by atoms with Crippen LogP contribution in [0.25, 0.3) is 0 Å². The molecule has 0 fully saturated rings. The van der Waals surface area contributed by atoms with Crippen molar-refractivity contribution in [2.24, 2.45) is 0 Å². The summed E-state index contributed by atoms with van der Waals surface area (Å²) in [6, 6.07) is 10.3. The first kappa shape index (κ1) is 16.7. The molecule has 6 heteroatoms. The second-order valence-corrected chi connectivity index (χ2v) is 6.43. The van der Waals surface area contributed by atoms with Crippen molar-refractivity contribution >= 4 is 5.91 Å². The largest absolute Gasteiger partial charge is 0.390 e. The maximum absolute atomic E-state index is 11.9. The number of carbonyl (C=O) groups excluding carboxylic acids is 1. The van der Waals surface area contributed by atoms with Gasteiger partial charge in [-0.05, 0) is 30.5 Å². The van der Waals surface area contributed by atoms with Crippen LogP contribution in [0.15, 0.2) is 30.3 Å². The predicted octanol–water partition coefficient (Wildman–Crippen LogP) is 0.796. The van der Waals surface area contributed by atoms with Crippen LogP contribution in [0.5, 0.6) is 0 Å². The first-order valence-corrected chi connectivity index (χ1v) is 8.35. The third kappa shape index (κ3) is 4.43. The van der Waals surface area contributed by atoms with Gasteiger partial charge in [-0.1, -0.05) is 24.3 Å². The minimum atomic E-state index is -0.569. The summed E-state index contributed by atoms with van der Waals surface area (Å²) in [5.41, 5.74) is 4.37. The molecule has 0 spiro atoms. The van der Waals surface area contributed by atoms with Crippen molar-refractivity contribution in [3.8, 4) is 0 Å². The molecule has 1 atom stereocenters. The van der Waals surface area contributed by atoms with E-state index in [1.54, 1.807) is 0 Å². The van der Waals surface area contributed by atoms with Gasteiger partial charge in [0.15, 0.2) is 0 Å². The second-order valence-electron chi connectivity index (χ2n) is 6.43. The summed E-state index contributed by atoms with van der Waals surface area (Å²) in [5.74, 6) is -0.121. The molecule has 0 bridgehead atoms. The van der Waals surface area contributed by atoms with E-state index in [1.165, 1.54) is 11.1 Å². The Hall–Kier alpha value is -2.18. The maximum Gasteiger partial charge on any atom is 0.226 e. The van der Waals surface area contributed by atoms with E-state index >= 15 is 0 Å². The Morgan fingerprint density at radius 2 is 2.21 bits per heavy atom. The third-order valence-electron chi connectivity index (χ3n) is 4.31. The number of aliphatic hydroxyl groups excluding tert-OH is 1. The molecule has 0 saturated carbocycles. The fraction of sp³-hybridized carbons (Fsp3) is 0.444. The number of benzene rings is 1. The van der Waals surface area contributed by atoms with E-state index in [4.69, 9.17) is 0 Å². The molecular formula is C18H24N4O2. The number of aliphatic hydroxyl groups is 1. The van der Waals surface area contributed by atoms with Crippen molar-refractivity contribution < 1.29 is 9.90 Å². The van der Waals surface area contributed by atoms with E-state index < -0.39 is 6.10 Å². The lowest BCUT2D eigenvalue weighted by Gasteiger charge is -2.30. The molecule has 1 aromatic heterocycles. The summed E-state index contributed by atoms with van der Waals surface area (Å²) < 4.78 is 0. The summed E-state index contributed by atoms with van der Waals surface area (Å²) >= 11 is 0. The SMILES string of the molecule is Cc1cc(CC(=O)NC[C@@H](O)CN2CCc3ccccc3C2)n[nH]1. The molecule has 6 nitrogen and oxygen atoms in total. The molecule has 128 valence electrons. The van der Waals surface area contributed by atoms with Crippen LogP contribution in [0.4, 0.5) is 0 Å². The Kier molecular flexibility index (Phi) is 5.27. The highest BCUT2D eigenvalue weighted by molar-refractivity contribution is 5.78. The number of carbonyl (C=O) groups is 1. The van der Waals surface area contributed by atoms with Gasteiger partial charge in [0.1, 0.15) is 0 Å². The number of fused-ring (bicyclic) bond motifs is 1. The fourth-order valence-corrected chi connectivity index (χ4v) is 3.10. The van der Waals surface area contributed by atoms with Crippen molar-refractivity contribution in [2.45, 2.75) is 32.4 Å². The lowest BCUT2D eigenvalue weighted by atomic mass is 10.00. The summed E-state index contributed by atoms with van der Waals surface area (Å²) in [7, 11) is 0. The molecule has 24 heavy (non-hydrogen) atoms. The smallest absolute Gasteiger partial charge is 0.226 e. The van der Waals surface area contributed by atoms with E-state index in [2.05, 4.69) is 44.7 Å². The molecule has 0 saturated heterocycles. The van der Waals surface area contributed by atoms with Crippen molar-refractivity contribution in [3.05, 3.63) is 52.8 Å². The molecule has 0 radical (unpaired) electrons. The minimum Gasteiger partial charge on any atom is -0.390 e. The van der Waals surface area contributed by atoms with Crippen LogP contribution in [-0.2, 0) is 24.2 Å². The first-order valence-electron chi connectivity index (χ1n) is 8.35. The Balaban J connectivity index is 1.41. The van der Waals surface area contributed by atoms with Crippen LogP contribution in [-0.4, -0.2) is 51.8 Å². The molecule has 0 aliphatic carbocycles. The Morgan fingerprint density at radius 1 is 1.42 bits per heavy atom. The zero-order valence-electron chi connectivity index (χ0n) is 14.0. The molecule has 3 N–H and O–H groups in total. The van der Waals surface area contributed by atoms with E-state index in [-0.39, 0.29) is 18.9 Å². The highest BCUT2D eigenvalue weighted by atomic mass is 16.3. The number of hydrogen-bond acceptors (Lipinski definition) is 4. The quantitative estimate of drug-likeness (QED) is 0.732. The molecule has 1 aromatic carbocycles. The Bertz CT molecular complexity index is 698. The number of aryl methyl sites for hydroxylation is 1. The summed E-state index contributed by atoms with van der Waals surface area (Å²) in [6.45, 7) is 4.52. The molecule has 2 aromatic rings. The van der Waals surface area contributed by atoms with Crippen molar-refractivity contribution in [2.75, 3.05) is 19.6 Å². The van der Waals surface area contributed by atoms with Crippen LogP contribution in [0.1, 0.15) is 22.5 Å². The van der Waals surface area contributed by atoms with Gasteiger partial charge in [0.05, 0.1) is 18.2 Å². The van der Waals surface area contributed by atoms with E-state index in [1.807, 2.05) is 13.0 Å². The second kappa shape index (κ2) is 7.59. The van der Waals surface area contributed by atoms with E-state index in [9.17, 15) is 9.90 Å². The van der Waals surface area contributed by atoms with Crippen molar-refractivity contribution in [3.63, 3.8) is 0 Å². The van der Waals surface area contributed by atoms with Crippen LogP contribution in [0.2, 0.25) is 0 Å². The van der Waals surface area contributed by atoms with Gasteiger partial charge in [-0.2, -0.15) is 5.10 Å². The molecule has 0 unspecified atom stereocenters. The average Bonchev–Trinajstić information content (AvgIpc) is 2.98. The minimum absolute atomic E-state index is 0.121. The Labute approximate surface area is 141 Å². The van der Waals surface area contributed by atoms with Gasteiger partial charge in [0.25, 0.3) is 0 Å². The predicted molar refractivity (Wildman–Crippen MR) is 91.5 cm³/mol. The highest BCUT2D eigenvalue weighted by Crippen LogP contribution is 2.18. The zero-order chi connectivity index (χ0) is 16.9. The molecule has 3 rings (SSSR count). The first-order chi connectivity index (χ1) is 11.6. The fourth-order valence-electron chi connectivity index (χ4n) is 3.10. The van der Waals surface area contributed by atoms with E-state index in [0.29, 0.717) is 12.2 Å². The third-order valence-corrected chi connectivity index (χ3v) is 4.31. The van der Waals surface area contributed by atoms with Gasteiger partial charge < -0.3 is 10.4 Å². The van der Waals surface area contributed by atoms with Crippen LogP contribution in [0, 0.1) is 6.92 Å². The number of nitrogens with one attached hydrogen (secondary N) is 2. The average molecular weight is 328 g/mol. The molecule has 1 amide bonds. The van der Waals surface area contributed by atoms with Crippen molar-refractivity contribution in [1.29, 1.82) is 0 Å². The summed E-state index contributed by atoms with van der Waals surface area (Å²) in [4.78, 5) is 14.1. The summed E-state index contributed by atoms with van der Waals surface area (Å²) in [5, 5.41) is 19.8.